The number of halogens is 2. The molecule has 1 aliphatic carbocycles. The average Bonchev–Trinajstić information content (AvgIpc) is 3.67. The third-order valence-corrected chi connectivity index (χ3v) is 14.3. The third-order valence-electron chi connectivity index (χ3n) is 8.34. The Morgan fingerprint density at radius 2 is 1.09 bits per heavy atom. The van der Waals surface area contributed by atoms with Crippen molar-refractivity contribution in [3.63, 3.8) is 0 Å². The average molecular weight is 759 g/mol. The van der Waals surface area contributed by atoms with Crippen molar-refractivity contribution in [1.29, 1.82) is 0 Å². The Morgan fingerprint density at radius 3 is 1.43 bits per heavy atom. The van der Waals surface area contributed by atoms with Gasteiger partial charge in [-0.15, -0.1) is 46.2 Å². The molecule has 240 valence electrons. The summed E-state index contributed by atoms with van der Waals surface area (Å²) in [5.41, 5.74) is 5.50. The molecule has 1 aliphatic rings. The number of rotatable bonds is 6. The molecule has 6 rings (SSSR count). The predicted octanol–water partition coefficient (Wildman–Crippen LogP) is 5.45. The fourth-order valence-corrected chi connectivity index (χ4v) is 11.8. The van der Waals surface area contributed by atoms with Gasteiger partial charge in [-0.1, -0.05) is 88.5 Å². The Morgan fingerprint density at radius 1 is 0.652 bits per heavy atom. The van der Waals surface area contributed by atoms with Gasteiger partial charge in [-0.3, -0.25) is 6.08 Å². The van der Waals surface area contributed by atoms with Crippen LogP contribution < -0.4 is 24.8 Å². The SMILES string of the molecule is CCc1ccc2c(c1)[cH-]c1cc(CC)ccc12.C[Si](C)(C)C1=C([Si](C)(C)C)C[C-]=C1.[Cl-].[Cl-].[Zr+2]=[C](c1ccccc1)c1ccccc1. The summed E-state index contributed by atoms with van der Waals surface area (Å²) in [5.74, 6) is 0. The van der Waals surface area contributed by atoms with Crippen LogP contribution in [0.15, 0.2) is 120 Å². The Bertz CT molecular complexity index is 1670. The molecule has 0 aliphatic heterocycles. The fraction of sp³-hybridized carbons (Fsp3) is 0.268. The van der Waals surface area contributed by atoms with Gasteiger partial charge in [0.1, 0.15) is 0 Å². The summed E-state index contributed by atoms with van der Waals surface area (Å²) in [7, 11) is -2.18. The van der Waals surface area contributed by atoms with E-state index in [-0.39, 0.29) is 24.8 Å². The van der Waals surface area contributed by atoms with Crippen molar-refractivity contribution < 1.29 is 49.0 Å². The van der Waals surface area contributed by atoms with Crippen LogP contribution >= 0.6 is 0 Å². The van der Waals surface area contributed by atoms with Crippen LogP contribution in [-0.2, 0) is 37.1 Å². The van der Waals surface area contributed by atoms with Crippen molar-refractivity contribution in [3.05, 3.63) is 148 Å². The summed E-state index contributed by atoms with van der Waals surface area (Å²) in [6.07, 6.45) is 9.02. The van der Waals surface area contributed by atoms with Crippen molar-refractivity contribution in [2.45, 2.75) is 72.4 Å². The first-order valence-electron chi connectivity index (χ1n) is 16.0. The van der Waals surface area contributed by atoms with Crippen LogP contribution in [0.4, 0.5) is 0 Å². The molecular weight excluding hydrogens is 711 g/mol. The zero-order valence-corrected chi connectivity index (χ0v) is 34.7. The quantitative estimate of drug-likeness (QED) is 0.160. The Hall–Kier alpha value is -2.00. The molecule has 5 aromatic carbocycles. The van der Waals surface area contributed by atoms with Crippen LogP contribution in [0, 0.1) is 6.08 Å². The van der Waals surface area contributed by atoms with Gasteiger partial charge in [-0.25, -0.2) is 11.3 Å². The van der Waals surface area contributed by atoms with E-state index in [0.717, 1.165) is 19.3 Å². The van der Waals surface area contributed by atoms with Crippen molar-refractivity contribution in [1.82, 2.24) is 0 Å². The van der Waals surface area contributed by atoms with Gasteiger partial charge in [0.05, 0.1) is 8.07 Å². The van der Waals surface area contributed by atoms with Crippen molar-refractivity contribution in [3.8, 4) is 0 Å². The maximum absolute atomic E-state index is 3.41. The number of hydrogen-bond donors (Lipinski definition) is 0. The number of allylic oxidation sites excluding steroid dienone is 4. The van der Waals surface area contributed by atoms with E-state index in [2.05, 4.69) is 168 Å². The van der Waals surface area contributed by atoms with E-state index < -0.39 is 16.1 Å². The third kappa shape index (κ3) is 10.5. The molecule has 5 heteroatoms. The zero-order valence-electron chi connectivity index (χ0n) is 28.8. The molecule has 0 radical (unpaired) electrons. The number of benzene rings is 4. The molecule has 0 spiro atoms. The number of hydrogen-bond acceptors (Lipinski definition) is 0. The molecule has 0 nitrogen and oxygen atoms in total. The van der Waals surface area contributed by atoms with Crippen LogP contribution in [0.1, 0.15) is 42.5 Å². The second-order valence-electron chi connectivity index (χ2n) is 13.7. The molecule has 0 unspecified atom stereocenters. The van der Waals surface area contributed by atoms with Gasteiger partial charge >= 0.3 is 99.2 Å². The monoisotopic (exact) mass is 756 g/mol. The summed E-state index contributed by atoms with van der Waals surface area (Å²) in [6, 6.07) is 37.1. The first kappa shape index (κ1) is 40.2. The van der Waals surface area contributed by atoms with Gasteiger partial charge < -0.3 is 24.8 Å². The number of aryl methyl sites for hydroxylation is 2. The molecule has 0 saturated heterocycles. The predicted molar refractivity (Wildman–Crippen MR) is 198 cm³/mol. The molecule has 0 heterocycles. The van der Waals surface area contributed by atoms with Gasteiger partial charge in [0, 0.05) is 0 Å². The summed E-state index contributed by atoms with van der Waals surface area (Å²) >= 11 is 1.46. The van der Waals surface area contributed by atoms with E-state index in [1.165, 1.54) is 71.2 Å². The molecule has 0 aromatic heterocycles. The van der Waals surface area contributed by atoms with E-state index in [9.17, 15) is 0 Å². The van der Waals surface area contributed by atoms with Crippen molar-refractivity contribution in [2.24, 2.45) is 0 Å². The van der Waals surface area contributed by atoms with Crippen molar-refractivity contribution >= 4 is 40.9 Å². The summed E-state index contributed by atoms with van der Waals surface area (Å²) in [6.45, 7) is 19.1. The number of fused-ring (bicyclic) bond motifs is 3. The second-order valence-corrected chi connectivity index (χ2v) is 25.1. The van der Waals surface area contributed by atoms with Crippen LogP contribution in [0.2, 0.25) is 39.3 Å². The summed E-state index contributed by atoms with van der Waals surface area (Å²) in [5, 5.41) is 8.98. The normalized spacial score (nSPS) is 12.5. The molecule has 0 amide bonds. The Kier molecular flexibility index (Phi) is 15.7. The topological polar surface area (TPSA) is 0 Å². The van der Waals surface area contributed by atoms with E-state index >= 15 is 0 Å². The molecule has 0 N–H and O–H groups in total. The van der Waals surface area contributed by atoms with Gasteiger partial charge in [-0.05, 0) is 20.9 Å². The maximum atomic E-state index is 3.41. The Balaban J connectivity index is 0.000000238. The van der Waals surface area contributed by atoms with Gasteiger partial charge in [0.15, 0.2) is 0 Å². The van der Waals surface area contributed by atoms with Crippen LogP contribution in [0.25, 0.3) is 21.5 Å². The van der Waals surface area contributed by atoms with Gasteiger partial charge in [0.25, 0.3) is 0 Å². The molecule has 5 aromatic rings. The molecule has 46 heavy (non-hydrogen) atoms. The van der Waals surface area contributed by atoms with Crippen LogP contribution in [-0.4, -0.2) is 19.4 Å². The molecule has 0 atom stereocenters. The Labute approximate surface area is 307 Å². The molecule has 0 bridgehead atoms. The van der Waals surface area contributed by atoms with Gasteiger partial charge in [0.2, 0.25) is 0 Å². The van der Waals surface area contributed by atoms with Gasteiger partial charge in [-0.2, -0.15) is 5.20 Å². The van der Waals surface area contributed by atoms with E-state index in [4.69, 9.17) is 0 Å². The molecule has 0 saturated carbocycles. The first-order chi connectivity index (χ1) is 20.9. The summed E-state index contributed by atoms with van der Waals surface area (Å²) < 4.78 is 1.42. The first-order valence-corrected chi connectivity index (χ1v) is 24.3. The summed E-state index contributed by atoms with van der Waals surface area (Å²) in [4.78, 5) is 0. The van der Waals surface area contributed by atoms with E-state index in [1.54, 1.807) is 10.4 Å². The second kappa shape index (κ2) is 18.0. The van der Waals surface area contributed by atoms with E-state index in [0.29, 0.717) is 0 Å². The minimum atomic E-state index is -1.10. The molecular formula is C41H48Cl2Si2Zr-2. The zero-order chi connectivity index (χ0) is 31.9. The van der Waals surface area contributed by atoms with E-state index in [1.807, 2.05) is 0 Å². The van der Waals surface area contributed by atoms with Crippen molar-refractivity contribution in [2.75, 3.05) is 0 Å². The minimum absolute atomic E-state index is 0. The van der Waals surface area contributed by atoms with Crippen LogP contribution in [0.5, 0.6) is 0 Å². The fourth-order valence-electron chi connectivity index (χ4n) is 5.71. The standard InChI is InChI=1S/C17H17.C13H10.C11H21Si2.2ClH.Zr/c1-3-12-5-7-16-14(9-12)11-15-10-13(4-2)6-8-17(15)16;1-3-7-12(8-4-1)11-13-9-5-2-6-10-13;1-12(2,3)10-8-7-9-11(10)13(4,5)6;;;/h5-11H,3-4H2,1-2H3;1-10H;8H,9H2,1-6H3;2*1H;/q-1;;-1;;;+2/p-2. The molecule has 0 fully saturated rings. The van der Waals surface area contributed by atoms with Crippen LogP contribution in [0.3, 0.4) is 0 Å².